The summed E-state index contributed by atoms with van der Waals surface area (Å²) in [4.78, 5) is 24.2. The molecule has 2 aliphatic carbocycles. The highest BCUT2D eigenvalue weighted by molar-refractivity contribution is 5.73. The Bertz CT molecular complexity index is 513. The first-order valence-electron chi connectivity index (χ1n) is 11.0. The average molecular weight is 395 g/mol. The molecule has 0 aromatic heterocycles. The van der Waals surface area contributed by atoms with Gasteiger partial charge in [0.2, 0.25) is 0 Å². The van der Waals surface area contributed by atoms with Crippen LogP contribution >= 0.6 is 0 Å². The quantitative estimate of drug-likeness (QED) is 0.501. The van der Waals surface area contributed by atoms with Crippen molar-refractivity contribution in [3.8, 4) is 0 Å². The minimum atomic E-state index is -0.792. The number of amides is 2. The van der Waals surface area contributed by atoms with E-state index in [9.17, 15) is 9.59 Å². The maximum Gasteiger partial charge on any atom is 0.452 e. The van der Waals surface area contributed by atoms with Crippen LogP contribution in [0.25, 0.3) is 0 Å². The summed E-state index contributed by atoms with van der Waals surface area (Å²) in [7, 11) is 0. The van der Waals surface area contributed by atoms with Crippen LogP contribution in [-0.2, 0) is 9.47 Å². The molecule has 0 heterocycles. The van der Waals surface area contributed by atoms with E-state index in [1.54, 1.807) is 0 Å². The summed E-state index contributed by atoms with van der Waals surface area (Å²) in [6.07, 6.45) is 4.18. The van der Waals surface area contributed by atoms with Crippen molar-refractivity contribution in [1.29, 1.82) is 0 Å². The molecule has 6 heteroatoms. The summed E-state index contributed by atoms with van der Waals surface area (Å²) >= 11 is 0. The van der Waals surface area contributed by atoms with E-state index in [-0.39, 0.29) is 12.2 Å². The largest absolute Gasteiger partial charge is 0.452 e. The number of carbonyl (C=O) groups is 2. The summed E-state index contributed by atoms with van der Waals surface area (Å²) < 4.78 is 11.1. The third-order valence-electron chi connectivity index (χ3n) is 6.64. The third-order valence-corrected chi connectivity index (χ3v) is 6.64. The molecule has 2 saturated carbocycles. The van der Waals surface area contributed by atoms with Gasteiger partial charge in [0.25, 0.3) is 0 Å². The summed E-state index contributed by atoms with van der Waals surface area (Å²) in [5, 5.41) is 6.96. The molecule has 2 rings (SSSR count). The molecule has 0 radical (unpaired) electrons. The maximum atomic E-state index is 12.1. The Morgan fingerprint density at radius 2 is 1.07 bits per heavy atom. The molecule has 0 aliphatic heterocycles. The lowest BCUT2D eigenvalue weighted by atomic mass is 9.75. The predicted octanol–water partition coefficient (Wildman–Crippen LogP) is 6.63. The summed E-state index contributed by atoms with van der Waals surface area (Å²) in [5.74, 6) is 2.59. The number of nitrogens with zero attached hydrogens (tertiary/aromatic N) is 2. The van der Waals surface area contributed by atoms with E-state index < -0.39 is 12.2 Å². The zero-order valence-corrected chi connectivity index (χ0v) is 18.4. The van der Waals surface area contributed by atoms with Gasteiger partial charge >= 0.3 is 12.2 Å². The first-order chi connectivity index (χ1) is 13.2. The van der Waals surface area contributed by atoms with Crippen LogP contribution in [0.15, 0.2) is 10.2 Å². The first kappa shape index (κ1) is 22.8. The van der Waals surface area contributed by atoms with E-state index in [0.717, 1.165) is 38.5 Å². The van der Waals surface area contributed by atoms with Crippen LogP contribution in [0.2, 0.25) is 0 Å². The second kappa shape index (κ2) is 10.4. The van der Waals surface area contributed by atoms with Crippen molar-refractivity contribution in [2.45, 2.75) is 92.3 Å². The zero-order valence-electron chi connectivity index (χ0n) is 18.4. The van der Waals surface area contributed by atoms with E-state index in [1.807, 2.05) is 0 Å². The van der Waals surface area contributed by atoms with Gasteiger partial charge in [-0.15, -0.1) is 0 Å². The number of hydrogen-bond donors (Lipinski definition) is 0. The minimum absolute atomic E-state index is 0.157. The number of rotatable bonds is 4. The van der Waals surface area contributed by atoms with Crippen LogP contribution in [0, 0.1) is 35.5 Å². The van der Waals surface area contributed by atoms with E-state index in [1.165, 1.54) is 0 Å². The van der Waals surface area contributed by atoms with Gasteiger partial charge in [-0.3, -0.25) is 0 Å². The lowest BCUT2D eigenvalue weighted by molar-refractivity contribution is 0.00559. The lowest BCUT2D eigenvalue weighted by Gasteiger charge is -2.36. The Morgan fingerprint density at radius 3 is 1.39 bits per heavy atom. The fraction of sp³-hybridized carbons (Fsp3) is 0.909. The monoisotopic (exact) mass is 394 g/mol. The highest BCUT2D eigenvalue weighted by atomic mass is 16.6. The van der Waals surface area contributed by atoms with Crippen LogP contribution in [-0.4, -0.2) is 24.4 Å². The number of ether oxygens (including phenoxy) is 2. The van der Waals surface area contributed by atoms with E-state index >= 15 is 0 Å². The number of azo groups is 1. The Balaban J connectivity index is 1.89. The van der Waals surface area contributed by atoms with Crippen molar-refractivity contribution in [2.24, 2.45) is 45.7 Å². The molecule has 0 unspecified atom stereocenters. The van der Waals surface area contributed by atoms with Crippen LogP contribution < -0.4 is 0 Å². The normalized spacial score (nSPS) is 34.0. The minimum Gasteiger partial charge on any atom is -0.443 e. The fourth-order valence-corrected chi connectivity index (χ4v) is 4.89. The summed E-state index contributed by atoms with van der Waals surface area (Å²) in [6, 6.07) is 0. The number of hydrogen-bond acceptors (Lipinski definition) is 4. The molecule has 0 spiro atoms. The molecule has 2 aliphatic rings. The fourth-order valence-electron chi connectivity index (χ4n) is 4.89. The van der Waals surface area contributed by atoms with Gasteiger partial charge in [0, 0.05) is 0 Å². The highest BCUT2D eigenvalue weighted by Crippen LogP contribution is 2.36. The molecular formula is C22H38N2O4. The van der Waals surface area contributed by atoms with Crippen molar-refractivity contribution >= 4 is 12.2 Å². The molecule has 160 valence electrons. The molecule has 6 atom stereocenters. The molecule has 0 saturated heterocycles. The second-order valence-electron chi connectivity index (χ2n) is 9.70. The predicted molar refractivity (Wildman–Crippen MR) is 108 cm³/mol. The van der Waals surface area contributed by atoms with Crippen LogP contribution in [0.1, 0.15) is 80.1 Å². The molecule has 28 heavy (non-hydrogen) atoms. The van der Waals surface area contributed by atoms with Gasteiger partial charge in [0.15, 0.2) is 0 Å². The van der Waals surface area contributed by atoms with Gasteiger partial charge in [0.1, 0.15) is 12.2 Å². The lowest BCUT2D eigenvalue weighted by Crippen LogP contribution is -2.35. The molecule has 0 bridgehead atoms. The Morgan fingerprint density at radius 1 is 0.714 bits per heavy atom. The number of carbonyl (C=O) groups excluding carboxylic acids is 2. The van der Waals surface area contributed by atoms with Gasteiger partial charge in [0.05, 0.1) is 0 Å². The van der Waals surface area contributed by atoms with E-state index in [2.05, 4.69) is 51.8 Å². The van der Waals surface area contributed by atoms with Crippen molar-refractivity contribution in [1.82, 2.24) is 0 Å². The Labute approximate surface area is 169 Å². The van der Waals surface area contributed by atoms with Gasteiger partial charge in [-0.25, -0.2) is 9.59 Å². The van der Waals surface area contributed by atoms with Gasteiger partial charge in [-0.2, -0.15) is 0 Å². The molecule has 2 fully saturated rings. The van der Waals surface area contributed by atoms with Crippen LogP contribution in [0.5, 0.6) is 0 Å². The zero-order chi connectivity index (χ0) is 20.8. The van der Waals surface area contributed by atoms with Crippen molar-refractivity contribution in [3.05, 3.63) is 0 Å². The molecular weight excluding hydrogens is 356 g/mol. The van der Waals surface area contributed by atoms with Gasteiger partial charge in [-0.1, -0.05) is 64.6 Å². The van der Waals surface area contributed by atoms with Crippen molar-refractivity contribution < 1.29 is 19.1 Å². The van der Waals surface area contributed by atoms with E-state index in [0.29, 0.717) is 35.5 Å². The standard InChI is InChI=1S/C22H38N2O4/c1-13(2)17-9-7-15(5)11-19(17)27-21(25)23-24-22(26)28-20-12-16(6)8-10-18(20)14(3)4/h13-20H,7-12H2,1-6H3/t15-,16-,17-,18-,19-,20-/m1/s1. The highest BCUT2D eigenvalue weighted by Gasteiger charge is 2.35. The first-order valence-corrected chi connectivity index (χ1v) is 11.0. The average Bonchev–Trinajstić information content (AvgIpc) is 2.59. The molecule has 6 nitrogen and oxygen atoms in total. The Hall–Kier alpha value is -1.46. The maximum absolute atomic E-state index is 12.1. The van der Waals surface area contributed by atoms with Crippen molar-refractivity contribution in [3.63, 3.8) is 0 Å². The van der Waals surface area contributed by atoms with Crippen LogP contribution in [0.3, 0.4) is 0 Å². The second-order valence-corrected chi connectivity index (χ2v) is 9.70. The van der Waals surface area contributed by atoms with Crippen LogP contribution in [0.4, 0.5) is 9.59 Å². The van der Waals surface area contributed by atoms with E-state index in [4.69, 9.17) is 9.47 Å². The van der Waals surface area contributed by atoms with Crippen molar-refractivity contribution in [2.75, 3.05) is 0 Å². The Kier molecular flexibility index (Phi) is 8.44. The molecule has 2 amide bonds. The van der Waals surface area contributed by atoms with Gasteiger partial charge < -0.3 is 9.47 Å². The smallest absolute Gasteiger partial charge is 0.443 e. The van der Waals surface area contributed by atoms with Gasteiger partial charge in [-0.05, 0) is 61.2 Å². The summed E-state index contributed by atoms with van der Waals surface area (Å²) in [5.41, 5.74) is 0. The molecule has 0 N–H and O–H groups in total. The summed E-state index contributed by atoms with van der Waals surface area (Å²) in [6.45, 7) is 12.9. The topological polar surface area (TPSA) is 77.3 Å². The SMILES string of the molecule is CC(C)[C@H]1CC[C@@H](C)C[C@H]1OC(=O)N=NC(=O)O[C@@H]1C[C@H](C)CC[C@@H]1C(C)C. The molecule has 0 aromatic carbocycles. The third kappa shape index (κ3) is 6.56. The molecule has 0 aromatic rings.